The molecule has 11 nitrogen and oxygen atoms in total. The number of aromatic hydroxyl groups is 1. The number of phenols is 1. The van der Waals surface area contributed by atoms with Crippen LogP contribution in [0.4, 0.5) is 0 Å². The molecule has 3 aliphatic rings. The summed E-state index contributed by atoms with van der Waals surface area (Å²) in [6, 6.07) is 2.71. The van der Waals surface area contributed by atoms with Crippen molar-refractivity contribution in [2.45, 2.75) is 36.4 Å². The molecular weight excluding hydrogens is 436 g/mol. The number of ketones is 2. The highest BCUT2D eigenvalue weighted by atomic mass is 16.3. The highest BCUT2D eigenvalue weighted by Crippen LogP contribution is 2.56. The number of hydrogen-bond acceptors (Lipinski definition) is 10. The summed E-state index contributed by atoms with van der Waals surface area (Å²) in [7, 11) is 2.91. The van der Waals surface area contributed by atoms with Crippen LogP contribution in [-0.2, 0) is 20.0 Å². The number of aliphatic hydroxyl groups excluding tert-OH is 3. The van der Waals surface area contributed by atoms with Crippen LogP contribution >= 0.6 is 0 Å². The van der Waals surface area contributed by atoms with Crippen LogP contribution in [0.15, 0.2) is 23.8 Å². The maximum Gasteiger partial charge on any atom is 0.230 e. The maximum atomic E-state index is 13.7. The zero-order chi connectivity index (χ0) is 24.8. The molecule has 0 spiro atoms. The quantitative estimate of drug-likeness (QED) is 0.236. The monoisotopic (exact) mass is 462 g/mol. The van der Waals surface area contributed by atoms with Gasteiger partial charge >= 0.3 is 0 Å². The van der Waals surface area contributed by atoms with E-state index in [2.05, 4.69) is 0 Å². The van der Waals surface area contributed by atoms with Crippen molar-refractivity contribution in [3.05, 3.63) is 34.9 Å². The van der Waals surface area contributed by atoms with Gasteiger partial charge in [-0.1, -0.05) is 12.1 Å². The van der Waals surface area contributed by atoms with E-state index in [9.17, 15) is 45.0 Å². The second-order valence-electron chi connectivity index (χ2n) is 9.39. The van der Waals surface area contributed by atoms with Crippen LogP contribution < -0.4 is 5.73 Å². The number of amides is 1. The molecular formula is C22H26N2O9. The Bertz CT molecular complexity index is 1110. The lowest BCUT2D eigenvalue weighted by Gasteiger charge is -2.57. The fraction of sp³-hybridized carbons (Fsp3) is 0.500. The van der Waals surface area contributed by atoms with E-state index in [4.69, 9.17) is 5.73 Å². The van der Waals surface area contributed by atoms with Crippen LogP contribution in [0.5, 0.6) is 5.75 Å². The van der Waals surface area contributed by atoms with Gasteiger partial charge in [0.05, 0.1) is 34.9 Å². The van der Waals surface area contributed by atoms with E-state index in [0.29, 0.717) is 0 Å². The number of hydrogen-bond donors (Lipinski definition) is 7. The minimum absolute atomic E-state index is 0.0186. The number of aliphatic hydroxyl groups is 5. The minimum atomic E-state index is -3.04. The molecule has 0 radical (unpaired) electrons. The average Bonchev–Trinajstić information content (AvgIpc) is 2.70. The highest BCUT2D eigenvalue weighted by molar-refractivity contribution is 6.25. The Hall–Kier alpha value is -2.83. The molecule has 0 aromatic heterocycles. The van der Waals surface area contributed by atoms with Crippen molar-refractivity contribution in [2.75, 3.05) is 14.1 Å². The summed E-state index contributed by atoms with van der Waals surface area (Å²) in [6.07, 6.45) is -3.60. The fourth-order valence-corrected chi connectivity index (χ4v) is 5.96. The van der Waals surface area contributed by atoms with Crippen molar-refractivity contribution in [1.29, 1.82) is 0 Å². The molecule has 1 amide bonds. The number of nitrogens with zero attached hydrogens (tertiary/aromatic N) is 1. The van der Waals surface area contributed by atoms with Crippen LogP contribution in [0.25, 0.3) is 5.76 Å². The van der Waals surface area contributed by atoms with E-state index in [0.717, 1.165) is 0 Å². The van der Waals surface area contributed by atoms with E-state index in [1.54, 1.807) is 0 Å². The van der Waals surface area contributed by atoms with Gasteiger partial charge in [-0.25, -0.2) is 0 Å². The summed E-state index contributed by atoms with van der Waals surface area (Å²) < 4.78 is 0. The SMILES string of the molecule is CN(C)[C@@H]1C(O)C(C(N)=O)C(=O)[C@@]2(O)C(=O)C3=C(O)c4c(O)cccc4[C@@](C)(O)[C@H]3[C@H](O)[C@@H]12. The average molecular weight is 462 g/mol. The van der Waals surface area contributed by atoms with Crippen LogP contribution in [0.2, 0.25) is 0 Å². The number of Topliss-reactive ketones (excluding diaryl/α,β-unsaturated/α-hetero) is 2. The van der Waals surface area contributed by atoms with Gasteiger partial charge in [-0.2, -0.15) is 0 Å². The van der Waals surface area contributed by atoms with E-state index in [-0.39, 0.29) is 11.1 Å². The Balaban J connectivity index is 2.05. The van der Waals surface area contributed by atoms with Crippen molar-refractivity contribution in [3.63, 3.8) is 0 Å². The third-order valence-corrected chi connectivity index (χ3v) is 7.40. The second kappa shape index (κ2) is 7.08. The van der Waals surface area contributed by atoms with Gasteiger partial charge in [0, 0.05) is 12.0 Å². The van der Waals surface area contributed by atoms with Gasteiger partial charge < -0.3 is 41.3 Å². The predicted molar refractivity (Wildman–Crippen MR) is 111 cm³/mol. The smallest absolute Gasteiger partial charge is 0.230 e. The molecule has 33 heavy (non-hydrogen) atoms. The zero-order valence-electron chi connectivity index (χ0n) is 18.1. The number of carbonyl (C=O) groups excluding carboxylic acids is 3. The normalized spacial score (nSPS) is 40.4. The standard InChI is InChI=1S/C22H26N2O9/c1-21(32)7-5-4-6-8(25)9(7)15(26)10-12(21)17(28)13-14(24(2)3)16(27)11(20(23)31)19(30)22(13,33)18(10)29/h4-6,11-14,16-17,25-28,32-33H,1-3H3,(H2,23,31)/t11?,12-,13-,14+,16?,17+,21-,22+/m1/s1. The first-order valence-electron chi connectivity index (χ1n) is 10.3. The topological polar surface area (TPSA) is 202 Å². The lowest BCUT2D eigenvalue weighted by Crippen LogP contribution is -2.77. The first-order valence-corrected chi connectivity index (χ1v) is 10.3. The van der Waals surface area contributed by atoms with Crippen LogP contribution in [-0.4, -0.2) is 91.0 Å². The van der Waals surface area contributed by atoms with Crippen LogP contribution in [0, 0.1) is 17.8 Å². The number of likely N-dealkylation sites (N-methyl/N-ethyl adjacent to an activating group) is 1. The van der Waals surface area contributed by atoms with Crippen molar-refractivity contribution in [2.24, 2.45) is 23.5 Å². The number of benzene rings is 1. The van der Waals surface area contributed by atoms with Crippen LogP contribution in [0.1, 0.15) is 18.1 Å². The van der Waals surface area contributed by atoms with Crippen molar-refractivity contribution in [1.82, 2.24) is 4.90 Å². The maximum absolute atomic E-state index is 13.7. The van der Waals surface area contributed by atoms with Crippen molar-refractivity contribution < 1.29 is 45.0 Å². The zero-order valence-corrected chi connectivity index (χ0v) is 18.1. The number of phenolic OH excluding ortho intramolecular Hbond substituents is 1. The van der Waals surface area contributed by atoms with Gasteiger partial charge in [-0.3, -0.25) is 14.4 Å². The summed E-state index contributed by atoms with van der Waals surface area (Å²) in [5.74, 6) is -10.5. The number of rotatable bonds is 2. The molecule has 0 aliphatic heterocycles. The van der Waals surface area contributed by atoms with Crippen molar-refractivity contribution >= 4 is 23.2 Å². The Morgan fingerprint density at radius 3 is 2.24 bits per heavy atom. The predicted octanol–water partition coefficient (Wildman–Crippen LogP) is -2.24. The Morgan fingerprint density at radius 2 is 1.70 bits per heavy atom. The largest absolute Gasteiger partial charge is 0.507 e. The first kappa shape index (κ1) is 23.3. The fourth-order valence-electron chi connectivity index (χ4n) is 5.96. The first-order chi connectivity index (χ1) is 15.2. The Morgan fingerprint density at radius 1 is 1.09 bits per heavy atom. The molecule has 0 saturated heterocycles. The van der Waals surface area contributed by atoms with Crippen molar-refractivity contribution in [3.8, 4) is 5.75 Å². The molecule has 2 fully saturated rings. The molecule has 1 aromatic rings. The molecule has 2 saturated carbocycles. The van der Waals surface area contributed by atoms with Gasteiger partial charge in [0.1, 0.15) is 17.4 Å². The molecule has 11 heteroatoms. The Labute approximate surface area is 188 Å². The molecule has 8 N–H and O–H groups in total. The third kappa shape index (κ3) is 2.71. The lowest BCUT2D eigenvalue weighted by molar-refractivity contribution is -0.207. The number of carbonyl (C=O) groups is 3. The highest BCUT2D eigenvalue weighted by Gasteiger charge is 2.72. The molecule has 0 heterocycles. The molecule has 178 valence electrons. The lowest BCUT2D eigenvalue weighted by atomic mass is 9.51. The summed E-state index contributed by atoms with van der Waals surface area (Å²) in [6.45, 7) is 1.27. The third-order valence-electron chi connectivity index (χ3n) is 7.40. The van der Waals surface area contributed by atoms with Gasteiger partial charge in [-0.15, -0.1) is 0 Å². The number of fused-ring (bicyclic) bond motifs is 3. The summed E-state index contributed by atoms with van der Waals surface area (Å²) >= 11 is 0. The molecule has 3 aliphatic carbocycles. The van der Waals surface area contributed by atoms with E-state index >= 15 is 0 Å². The Kier molecular flexibility index (Phi) is 5.01. The van der Waals surface area contributed by atoms with Gasteiger partial charge in [-0.05, 0) is 32.6 Å². The summed E-state index contributed by atoms with van der Waals surface area (Å²) in [5.41, 5.74) is -0.693. The van der Waals surface area contributed by atoms with E-state index < -0.39 is 81.8 Å². The van der Waals surface area contributed by atoms with Crippen LogP contribution in [0.3, 0.4) is 0 Å². The van der Waals surface area contributed by atoms with Gasteiger partial charge in [0.25, 0.3) is 0 Å². The molecule has 1 aromatic carbocycles. The second-order valence-corrected chi connectivity index (χ2v) is 9.39. The molecule has 4 rings (SSSR count). The molecule has 0 bridgehead atoms. The number of nitrogens with two attached hydrogens (primary N) is 1. The summed E-state index contributed by atoms with van der Waals surface area (Å²) in [5, 5.41) is 66.4. The number of primary amides is 1. The van der Waals surface area contributed by atoms with Gasteiger partial charge in [0.15, 0.2) is 11.4 Å². The summed E-state index contributed by atoms with van der Waals surface area (Å²) in [4.78, 5) is 40.3. The van der Waals surface area contributed by atoms with E-state index in [1.807, 2.05) is 0 Å². The minimum Gasteiger partial charge on any atom is -0.507 e. The molecule has 2 unspecified atom stereocenters. The molecule has 8 atom stereocenters. The van der Waals surface area contributed by atoms with Gasteiger partial charge in [0.2, 0.25) is 11.7 Å². The van der Waals surface area contributed by atoms with E-state index in [1.165, 1.54) is 44.1 Å².